The molecular weight excluding hydrogens is 234 g/mol. The fourth-order valence-corrected chi connectivity index (χ4v) is 2.15. The Morgan fingerprint density at radius 3 is 2.88 bits per heavy atom. The second-order valence-electron chi connectivity index (χ2n) is 3.58. The van der Waals surface area contributed by atoms with Gasteiger partial charge in [-0.3, -0.25) is 4.79 Å². The SMILES string of the molecule is C=CCN(CCO)C(=O)/C=C/c1ccc(C)s1. The second kappa shape index (κ2) is 7.04. The van der Waals surface area contributed by atoms with Crippen LogP contribution in [0.3, 0.4) is 0 Å². The van der Waals surface area contributed by atoms with Crippen molar-refractivity contribution in [2.24, 2.45) is 0 Å². The van der Waals surface area contributed by atoms with Gasteiger partial charge in [0.05, 0.1) is 6.61 Å². The monoisotopic (exact) mass is 251 g/mol. The summed E-state index contributed by atoms with van der Waals surface area (Å²) >= 11 is 1.64. The number of aliphatic hydroxyl groups excluding tert-OH is 1. The summed E-state index contributed by atoms with van der Waals surface area (Å²) < 4.78 is 0. The molecule has 1 rings (SSSR count). The first-order valence-electron chi connectivity index (χ1n) is 5.42. The third-order valence-corrected chi connectivity index (χ3v) is 3.15. The van der Waals surface area contributed by atoms with Crippen molar-refractivity contribution in [1.29, 1.82) is 0 Å². The molecule has 0 spiro atoms. The molecule has 0 aliphatic heterocycles. The predicted molar refractivity (Wildman–Crippen MR) is 72.0 cm³/mol. The average molecular weight is 251 g/mol. The Labute approximate surface area is 106 Å². The van der Waals surface area contributed by atoms with Crippen LogP contribution in [0.4, 0.5) is 0 Å². The molecule has 1 amide bonds. The van der Waals surface area contributed by atoms with E-state index in [1.807, 2.05) is 19.1 Å². The van der Waals surface area contributed by atoms with Crippen molar-refractivity contribution < 1.29 is 9.90 Å². The Morgan fingerprint density at radius 2 is 2.35 bits per heavy atom. The largest absolute Gasteiger partial charge is 0.395 e. The maximum Gasteiger partial charge on any atom is 0.246 e. The van der Waals surface area contributed by atoms with Gasteiger partial charge in [0.25, 0.3) is 0 Å². The van der Waals surface area contributed by atoms with Crippen LogP contribution in [0.25, 0.3) is 6.08 Å². The van der Waals surface area contributed by atoms with Gasteiger partial charge in [0, 0.05) is 28.9 Å². The summed E-state index contributed by atoms with van der Waals surface area (Å²) in [5, 5.41) is 8.85. The van der Waals surface area contributed by atoms with Crippen LogP contribution in [-0.2, 0) is 4.79 Å². The van der Waals surface area contributed by atoms with Crippen LogP contribution in [0.2, 0.25) is 0 Å². The zero-order valence-corrected chi connectivity index (χ0v) is 10.7. The molecule has 0 bridgehead atoms. The Morgan fingerprint density at radius 1 is 1.59 bits per heavy atom. The molecule has 0 atom stereocenters. The first-order valence-corrected chi connectivity index (χ1v) is 6.24. The van der Waals surface area contributed by atoms with E-state index in [1.165, 1.54) is 11.0 Å². The lowest BCUT2D eigenvalue weighted by Crippen LogP contribution is -2.32. The lowest BCUT2D eigenvalue weighted by Gasteiger charge is -2.17. The molecule has 1 heterocycles. The first-order chi connectivity index (χ1) is 8.17. The van der Waals surface area contributed by atoms with Gasteiger partial charge in [-0.25, -0.2) is 0 Å². The van der Waals surface area contributed by atoms with E-state index in [-0.39, 0.29) is 12.5 Å². The van der Waals surface area contributed by atoms with Crippen LogP contribution in [-0.4, -0.2) is 35.6 Å². The van der Waals surface area contributed by atoms with E-state index in [9.17, 15) is 4.79 Å². The van der Waals surface area contributed by atoms with E-state index in [4.69, 9.17) is 5.11 Å². The number of aliphatic hydroxyl groups is 1. The van der Waals surface area contributed by atoms with E-state index in [0.717, 1.165) is 4.88 Å². The molecule has 0 radical (unpaired) electrons. The third-order valence-electron chi connectivity index (χ3n) is 2.18. The molecular formula is C13H17NO2S. The smallest absolute Gasteiger partial charge is 0.246 e. The van der Waals surface area contributed by atoms with Gasteiger partial charge in [-0.05, 0) is 25.1 Å². The van der Waals surface area contributed by atoms with Crippen LogP contribution in [0.15, 0.2) is 30.9 Å². The topological polar surface area (TPSA) is 40.5 Å². The minimum absolute atomic E-state index is 0.0362. The van der Waals surface area contributed by atoms with Crippen molar-refractivity contribution in [2.45, 2.75) is 6.92 Å². The van der Waals surface area contributed by atoms with E-state index in [1.54, 1.807) is 28.4 Å². The van der Waals surface area contributed by atoms with Gasteiger partial charge in [-0.1, -0.05) is 6.08 Å². The van der Waals surface area contributed by atoms with Gasteiger partial charge in [0.15, 0.2) is 0 Å². The van der Waals surface area contributed by atoms with Gasteiger partial charge in [-0.15, -0.1) is 17.9 Å². The van der Waals surface area contributed by atoms with Crippen molar-refractivity contribution in [2.75, 3.05) is 19.7 Å². The van der Waals surface area contributed by atoms with Crippen molar-refractivity contribution in [1.82, 2.24) is 4.90 Å². The fraction of sp³-hybridized carbons (Fsp3) is 0.308. The zero-order valence-electron chi connectivity index (χ0n) is 9.93. The number of hydrogen-bond acceptors (Lipinski definition) is 3. The highest BCUT2D eigenvalue weighted by atomic mass is 32.1. The summed E-state index contributed by atoms with van der Waals surface area (Å²) in [7, 11) is 0. The summed E-state index contributed by atoms with van der Waals surface area (Å²) in [6.45, 7) is 6.36. The molecule has 92 valence electrons. The molecule has 17 heavy (non-hydrogen) atoms. The maximum atomic E-state index is 11.8. The molecule has 3 nitrogen and oxygen atoms in total. The van der Waals surface area contributed by atoms with Crippen molar-refractivity contribution in [3.05, 3.63) is 40.6 Å². The van der Waals surface area contributed by atoms with Gasteiger partial charge in [0.2, 0.25) is 5.91 Å². The summed E-state index contributed by atoms with van der Waals surface area (Å²) in [5.41, 5.74) is 0. The number of carbonyl (C=O) groups is 1. The zero-order chi connectivity index (χ0) is 12.7. The lowest BCUT2D eigenvalue weighted by molar-refractivity contribution is -0.125. The number of thiophene rings is 1. The summed E-state index contributed by atoms with van der Waals surface area (Å²) in [6.07, 6.45) is 4.98. The number of rotatable bonds is 6. The summed E-state index contributed by atoms with van der Waals surface area (Å²) in [6, 6.07) is 4.00. The minimum Gasteiger partial charge on any atom is -0.395 e. The summed E-state index contributed by atoms with van der Waals surface area (Å²) in [5.74, 6) is -0.106. The van der Waals surface area contributed by atoms with Gasteiger partial charge >= 0.3 is 0 Å². The van der Waals surface area contributed by atoms with E-state index in [2.05, 4.69) is 6.58 Å². The van der Waals surface area contributed by atoms with Gasteiger partial charge < -0.3 is 10.0 Å². The van der Waals surface area contributed by atoms with Gasteiger partial charge in [-0.2, -0.15) is 0 Å². The molecule has 0 aromatic carbocycles. The molecule has 0 saturated carbocycles. The first kappa shape index (κ1) is 13.7. The van der Waals surface area contributed by atoms with Crippen LogP contribution < -0.4 is 0 Å². The molecule has 0 unspecified atom stereocenters. The van der Waals surface area contributed by atoms with Crippen LogP contribution in [0, 0.1) is 6.92 Å². The molecule has 4 heteroatoms. The molecule has 0 saturated heterocycles. The Bertz CT molecular complexity index is 409. The second-order valence-corrected chi connectivity index (χ2v) is 4.90. The molecule has 0 aliphatic carbocycles. The highest BCUT2D eigenvalue weighted by Crippen LogP contribution is 2.16. The maximum absolute atomic E-state index is 11.8. The lowest BCUT2D eigenvalue weighted by atomic mass is 10.3. The van der Waals surface area contributed by atoms with E-state index in [0.29, 0.717) is 13.1 Å². The molecule has 0 aliphatic rings. The van der Waals surface area contributed by atoms with Crippen LogP contribution >= 0.6 is 11.3 Å². The molecule has 1 aromatic heterocycles. The highest BCUT2D eigenvalue weighted by Gasteiger charge is 2.07. The Kier molecular flexibility index (Phi) is 5.66. The standard InChI is InChI=1S/C13H17NO2S/c1-3-8-14(9-10-15)13(16)7-6-12-5-4-11(2)17-12/h3-7,15H,1,8-10H2,2H3/b7-6+. The molecule has 1 N–H and O–H groups in total. The average Bonchev–Trinajstić information content (AvgIpc) is 2.72. The number of amides is 1. The Balaban J connectivity index is 2.62. The van der Waals surface area contributed by atoms with E-state index >= 15 is 0 Å². The fourth-order valence-electron chi connectivity index (χ4n) is 1.37. The van der Waals surface area contributed by atoms with Crippen molar-refractivity contribution >= 4 is 23.3 Å². The minimum atomic E-state index is -0.106. The Hall–Kier alpha value is -1.39. The predicted octanol–water partition coefficient (Wildman–Crippen LogP) is 2.08. The summed E-state index contributed by atoms with van der Waals surface area (Å²) in [4.78, 5) is 15.6. The molecule has 0 fully saturated rings. The highest BCUT2D eigenvalue weighted by molar-refractivity contribution is 7.12. The quantitative estimate of drug-likeness (QED) is 0.621. The van der Waals surface area contributed by atoms with Gasteiger partial charge in [0.1, 0.15) is 0 Å². The van der Waals surface area contributed by atoms with Crippen molar-refractivity contribution in [3.63, 3.8) is 0 Å². The number of nitrogens with zero attached hydrogens (tertiary/aromatic N) is 1. The number of aryl methyl sites for hydroxylation is 1. The number of hydrogen-bond donors (Lipinski definition) is 1. The normalized spacial score (nSPS) is 10.7. The van der Waals surface area contributed by atoms with Crippen LogP contribution in [0.1, 0.15) is 9.75 Å². The third kappa shape index (κ3) is 4.54. The van der Waals surface area contributed by atoms with Crippen LogP contribution in [0.5, 0.6) is 0 Å². The van der Waals surface area contributed by atoms with E-state index < -0.39 is 0 Å². The molecule has 1 aromatic rings. The van der Waals surface area contributed by atoms with Crippen molar-refractivity contribution in [3.8, 4) is 0 Å². The number of carbonyl (C=O) groups excluding carboxylic acids is 1.